The zero-order valence-electron chi connectivity index (χ0n) is 15.4. The number of nitrogens with two attached hydrogens (primary N) is 1. The molecule has 0 aliphatic carbocycles. The molecule has 0 radical (unpaired) electrons. The standard InChI is InChI=1S/C19H23N7/c1-4-5-6-15-22-16-17(26(15)3)19(24-23-18(16)21)25(2)12-14-9-7-13(11-20)8-10-14/h7-10H,4-6,12H2,1-3H3,(H2,21,23). The van der Waals surface area contributed by atoms with Gasteiger partial charge >= 0.3 is 0 Å². The molecule has 0 atom stereocenters. The Morgan fingerprint density at radius 2 is 1.96 bits per heavy atom. The summed E-state index contributed by atoms with van der Waals surface area (Å²) in [6, 6.07) is 9.68. The molecule has 0 bridgehead atoms. The van der Waals surface area contributed by atoms with Crippen molar-refractivity contribution in [3.8, 4) is 6.07 Å². The van der Waals surface area contributed by atoms with E-state index in [1.165, 1.54) is 0 Å². The van der Waals surface area contributed by atoms with Crippen molar-refractivity contribution in [2.75, 3.05) is 17.7 Å². The maximum absolute atomic E-state index is 8.93. The van der Waals surface area contributed by atoms with Crippen molar-refractivity contribution in [1.29, 1.82) is 5.26 Å². The third-order valence-electron chi connectivity index (χ3n) is 4.51. The molecule has 3 rings (SSSR count). The molecule has 1 aromatic carbocycles. The Bertz CT molecular complexity index is 951. The molecular weight excluding hydrogens is 326 g/mol. The highest BCUT2D eigenvalue weighted by Gasteiger charge is 2.19. The van der Waals surface area contributed by atoms with Crippen LogP contribution in [0.2, 0.25) is 0 Å². The molecule has 0 saturated heterocycles. The minimum atomic E-state index is 0.355. The molecule has 134 valence electrons. The van der Waals surface area contributed by atoms with Crippen LogP contribution in [0.1, 0.15) is 36.7 Å². The van der Waals surface area contributed by atoms with Gasteiger partial charge in [-0.2, -0.15) is 5.26 Å². The Morgan fingerprint density at radius 1 is 1.23 bits per heavy atom. The van der Waals surface area contributed by atoms with Gasteiger partial charge in [0.25, 0.3) is 0 Å². The molecule has 0 fully saturated rings. The van der Waals surface area contributed by atoms with Crippen LogP contribution in [0, 0.1) is 11.3 Å². The molecule has 2 heterocycles. The molecule has 0 saturated carbocycles. The fraction of sp³-hybridized carbons (Fsp3) is 0.368. The number of nitriles is 1. The predicted octanol–water partition coefficient (Wildman–Crippen LogP) is 2.80. The van der Waals surface area contributed by atoms with E-state index in [1.807, 2.05) is 43.3 Å². The molecular formula is C19H23N7. The van der Waals surface area contributed by atoms with E-state index in [0.29, 0.717) is 23.4 Å². The summed E-state index contributed by atoms with van der Waals surface area (Å²) in [6.45, 7) is 2.81. The number of hydrogen-bond donors (Lipinski definition) is 1. The van der Waals surface area contributed by atoms with Crippen molar-refractivity contribution >= 4 is 22.7 Å². The number of nitrogen functional groups attached to an aromatic ring is 1. The van der Waals surface area contributed by atoms with Crippen LogP contribution < -0.4 is 10.6 Å². The number of anilines is 2. The maximum Gasteiger partial charge on any atom is 0.177 e. The van der Waals surface area contributed by atoms with Gasteiger partial charge in [0.15, 0.2) is 11.6 Å². The number of nitrogens with zero attached hydrogens (tertiary/aromatic N) is 6. The first-order chi connectivity index (χ1) is 12.5. The second-order valence-corrected chi connectivity index (χ2v) is 6.46. The van der Waals surface area contributed by atoms with Crippen LogP contribution in [-0.2, 0) is 20.0 Å². The Labute approximate surface area is 153 Å². The van der Waals surface area contributed by atoms with Crippen LogP contribution in [0.3, 0.4) is 0 Å². The van der Waals surface area contributed by atoms with Crippen molar-refractivity contribution in [3.05, 3.63) is 41.2 Å². The average Bonchev–Trinajstić information content (AvgIpc) is 2.98. The second kappa shape index (κ2) is 7.40. The summed E-state index contributed by atoms with van der Waals surface area (Å²) in [5.74, 6) is 2.10. The number of fused-ring (bicyclic) bond motifs is 1. The zero-order valence-corrected chi connectivity index (χ0v) is 15.4. The smallest absolute Gasteiger partial charge is 0.177 e. The van der Waals surface area contributed by atoms with Crippen molar-refractivity contribution < 1.29 is 0 Å². The summed E-state index contributed by atoms with van der Waals surface area (Å²) >= 11 is 0. The number of hydrogen-bond acceptors (Lipinski definition) is 6. The second-order valence-electron chi connectivity index (χ2n) is 6.46. The molecule has 2 aromatic heterocycles. The van der Waals surface area contributed by atoms with Crippen LogP contribution in [-0.4, -0.2) is 26.8 Å². The molecule has 7 nitrogen and oxygen atoms in total. The van der Waals surface area contributed by atoms with Crippen LogP contribution in [0.25, 0.3) is 11.0 Å². The van der Waals surface area contributed by atoms with Gasteiger partial charge in [-0.25, -0.2) is 4.98 Å². The highest BCUT2D eigenvalue weighted by atomic mass is 15.3. The van der Waals surface area contributed by atoms with Gasteiger partial charge in [0.1, 0.15) is 16.9 Å². The first kappa shape index (κ1) is 17.7. The number of aryl methyl sites for hydroxylation is 2. The van der Waals surface area contributed by atoms with E-state index in [4.69, 9.17) is 16.0 Å². The lowest BCUT2D eigenvalue weighted by Gasteiger charge is -2.19. The van der Waals surface area contributed by atoms with E-state index in [0.717, 1.165) is 42.0 Å². The molecule has 0 aliphatic heterocycles. The minimum absolute atomic E-state index is 0.355. The topological polar surface area (TPSA) is 96.7 Å². The number of imidazole rings is 1. The van der Waals surface area contributed by atoms with Crippen LogP contribution in [0.15, 0.2) is 24.3 Å². The van der Waals surface area contributed by atoms with Crippen molar-refractivity contribution in [2.45, 2.75) is 32.7 Å². The fourth-order valence-electron chi connectivity index (χ4n) is 3.02. The quantitative estimate of drug-likeness (QED) is 0.735. The van der Waals surface area contributed by atoms with Gasteiger partial charge in [-0.3, -0.25) is 0 Å². The highest BCUT2D eigenvalue weighted by molar-refractivity contribution is 5.93. The van der Waals surface area contributed by atoms with Gasteiger partial charge in [0.05, 0.1) is 11.6 Å². The van der Waals surface area contributed by atoms with Gasteiger partial charge in [-0.1, -0.05) is 25.5 Å². The number of benzene rings is 1. The first-order valence-corrected chi connectivity index (χ1v) is 8.72. The fourth-order valence-corrected chi connectivity index (χ4v) is 3.02. The third-order valence-corrected chi connectivity index (χ3v) is 4.51. The van der Waals surface area contributed by atoms with Gasteiger partial charge in [0, 0.05) is 27.1 Å². The normalized spacial score (nSPS) is 10.8. The summed E-state index contributed by atoms with van der Waals surface area (Å²) < 4.78 is 2.07. The first-order valence-electron chi connectivity index (χ1n) is 8.72. The molecule has 26 heavy (non-hydrogen) atoms. The molecule has 0 aliphatic rings. The number of aromatic nitrogens is 4. The molecule has 3 aromatic rings. The third kappa shape index (κ3) is 3.31. The van der Waals surface area contributed by atoms with Crippen molar-refractivity contribution in [2.24, 2.45) is 7.05 Å². The van der Waals surface area contributed by atoms with E-state index in [1.54, 1.807) is 0 Å². The zero-order chi connectivity index (χ0) is 18.7. The van der Waals surface area contributed by atoms with Crippen LogP contribution in [0.4, 0.5) is 11.6 Å². The van der Waals surface area contributed by atoms with E-state index in [-0.39, 0.29) is 0 Å². The van der Waals surface area contributed by atoms with Crippen LogP contribution in [0.5, 0.6) is 0 Å². The van der Waals surface area contributed by atoms with E-state index in [2.05, 4.69) is 27.8 Å². The van der Waals surface area contributed by atoms with E-state index < -0.39 is 0 Å². The predicted molar refractivity (Wildman–Crippen MR) is 103 cm³/mol. The summed E-state index contributed by atoms with van der Waals surface area (Å²) in [4.78, 5) is 6.72. The Balaban J connectivity index is 1.96. The van der Waals surface area contributed by atoms with Gasteiger partial charge < -0.3 is 15.2 Å². The highest BCUT2D eigenvalue weighted by Crippen LogP contribution is 2.28. The number of unbranched alkanes of at least 4 members (excludes halogenated alkanes) is 1. The van der Waals surface area contributed by atoms with Gasteiger partial charge in [-0.15, -0.1) is 10.2 Å². The molecule has 2 N–H and O–H groups in total. The van der Waals surface area contributed by atoms with Crippen molar-refractivity contribution in [3.63, 3.8) is 0 Å². The summed E-state index contributed by atoms with van der Waals surface area (Å²) in [5, 5.41) is 17.4. The van der Waals surface area contributed by atoms with Gasteiger partial charge in [0.2, 0.25) is 0 Å². The molecule has 0 spiro atoms. The molecule has 0 unspecified atom stereocenters. The summed E-state index contributed by atoms with van der Waals surface area (Å²) in [6.07, 6.45) is 3.09. The van der Waals surface area contributed by atoms with Gasteiger partial charge in [-0.05, 0) is 24.1 Å². The minimum Gasteiger partial charge on any atom is -0.380 e. The summed E-state index contributed by atoms with van der Waals surface area (Å²) in [7, 11) is 3.97. The monoisotopic (exact) mass is 349 g/mol. The SMILES string of the molecule is CCCCc1nc2c(N)nnc(N(C)Cc3ccc(C#N)cc3)c2n1C. The average molecular weight is 349 g/mol. The van der Waals surface area contributed by atoms with Crippen molar-refractivity contribution in [1.82, 2.24) is 19.7 Å². The summed E-state index contributed by atoms with van der Waals surface area (Å²) in [5.41, 5.74) is 9.37. The van der Waals surface area contributed by atoms with E-state index >= 15 is 0 Å². The Kier molecular flexibility index (Phi) is 5.03. The lowest BCUT2D eigenvalue weighted by atomic mass is 10.1. The Hall–Kier alpha value is -3.14. The maximum atomic E-state index is 8.93. The Morgan fingerprint density at radius 3 is 2.62 bits per heavy atom. The molecule has 0 amide bonds. The van der Waals surface area contributed by atoms with E-state index in [9.17, 15) is 0 Å². The lowest BCUT2D eigenvalue weighted by molar-refractivity contribution is 0.719. The van der Waals surface area contributed by atoms with Crippen LogP contribution >= 0.6 is 0 Å². The lowest BCUT2D eigenvalue weighted by Crippen LogP contribution is -2.19. The molecule has 7 heteroatoms. The number of rotatable bonds is 6. The largest absolute Gasteiger partial charge is 0.380 e.